The topological polar surface area (TPSA) is 56.7 Å². The number of nitrogens with two attached hydrogens (primary N) is 1. The molecule has 0 aliphatic heterocycles. The Balaban J connectivity index is 2.18. The largest absolute Gasteiger partial charge is 0.396 e. The minimum Gasteiger partial charge on any atom is -0.396 e. The molecule has 2 aromatic rings. The quantitative estimate of drug-likeness (QED) is 0.905. The maximum atomic E-state index is 5.71. The molecule has 0 aliphatic carbocycles. The number of nitrogen functional groups attached to an aromatic ring is 1. The third kappa shape index (κ3) is 2.36. The van der Waals surface area contributed by atoms with Crippen LogP contribution in [0.25, 0.3) is 0 Å². The summed E-state index contributed by atoms with van der Waals surface area (Å²) in [5, 5.41) is 4.27. The van der Waals surface area contributed by atoms with Crippen molar-refractivity contribution >= 4 is 21.6 Å². The van der Waals surface area contributed by atoms with Crippen molar-refractivity contribution in [1.82, 2.24) is 14.8 Å². The Labute approximate surface area is 96.3 Å². The Morgan fingerprint density at radius 1 is 1.47 bits per heavy atom. The van der Waals surface area contributed by atoms with Crippen molar-refractivity contribution in [3.05, 3.63) is 40.4 Å². The lowest BCUT2D eigenvalue weighted by Crippen LogP contribution is -2.02. The maximum Gasteiger partial charge on any atom is 0.0832 e. The van der Waals surface area contributed by atoms with Gasteiger partial charge in [0.2, 0.25) is 0 Å². The van der Waals surface area contributed by atoms with E-state index >= 15 is 0 Å². The first-order valence-electron chi connectivity index (χ1n) is 4.55. The molecule has 0 spiro atoms. The Morgan fingerprint density at radius 2 is 2.27 bits per heavy atom. The van der Waals surface area contributed by atoms with Gasteiger partial charge in [0.15, 0.2) is 0 Å². The van der Waals surface area contributed by atoms with Gasteiger partial charge in [-0.15, -0.1) is 0 Å². The third-order valence-corrected chi connectivity index (χ3v) is 2.57. The van der Waals surface area contributed by atoms with E-state index in [1.54, 1.807) is 10.9 Å². The van der Waals surface area contributed by atoms with Crippen molar-refractivity contribution in [3.63, 3.8) is 0 Å². The molecule has 2 aromatic heterocycles. The summed E-state index contributed by atoms with van der Waals surface area (Å²) in [7, 11) is 0. The van der Waals surface area contributed by atoms with Crippen LogP contribution >= 0.6 is 15.9 Å². The molecule has 0 amide bonds. The minimum atomic E-state index is 0.644. The van der Waals surface area contributed by atoms with Crippen molar-refractivity contribution in [1.29, 1.82) is 0 Å². The molecule has 2 rings (SSSR count). The Kier molecular flexibility index (Phi) is 2.73. The van der Waals surface area contributed by atoms with Crippen molar-refractivity contribution in [2.24, 2.45) is 0 Å². The van der Waals surface area contributed by atoms with E-state index in [0.717, 1.165) is 15.9 Å². The van der Waals surface area contributed by atoms with Crippen LogP contribution in [0.15, 0.2) is 29.0 Å². The van der Waals surface area contributed by atoms with Crippen LogP contribution in [0.4, 0.5) is 5.69 Å². The van der Waals surface area contributed by atoms with Gasteiger partial charge in [-0.05, 0) is 35.0 Å². The summed E-state index contributed by atoms with van der Waals surface area (Å²) >= 11 is 3.34. The fourth-order valence-electron chi connectivity index (χ4n) is 1.28. The fraction of sp³-hybridized carbons (Fsp3) is 0.200. The summed E-state index contributed by atoms with van der Waals surface area (Å²) in [5.41, 5.74) is 8.23. The highest BCUT2D eigenvalue weighted by atomic mass is 79.9. The summed E-state index contributed by atoms with van der Waals surface area (Å²) < 4.78 is 2.77. The van der Waals surface area contributed by atoms with Crippen molar-refractivity contribution in [2.45, 2.75) is 13.5 Å². The van der Waals surface area contributed by atoms with Crippen LogP contribution in [0.3, 0.4) is 0 Å². The summed E-state index contributed by atoms with van der Waals surface area (Å²) in [6, 6.07) is 3.92. The van der Waals surface area contributed by atoms with E-state index in [1.807, 2.05) is 25.3 Å². The van der Waals surface area contributed by atoms with E-state index < -0.39 is 0 Å². The molecule has 2 N–H and O–H groups in total. The van der Waals surface area contributed by atoms with E-state index in [9.17, 15) is 0 Å². The van der Waals surface area contributed by atoms with Gasteiger partial charge < -0.3 is 5.73 Å². The molecular weight excluding hydrogens is 256 g/mol. The average molecular weight is 267 g/mol. The standard InChI is InChI=1S/C10H11BrN4/c1-7-10(12)6-15(14-7)5-9-3-2-8(11)4-13-9/h2-4,6H,5,12H2,1H3. The highest BCUT2D eigenvalue weighted by Gasteiger charge is 2.02. The number of aromatic nitrogens is 3. The molecule has 5 heteroatoms. The molecular formula is C10H11BrN4. The molecule has 0 atom stereocenters. The van der Waals surface area contributed by atoms with Crippen LogP contribution in [-0.4, -0.2) is 14.8 Å². The number of hydrogen-bond donors (Lipinski definition) is 1. The molecule has 4 nitrogen and oxygen atoms in total. The third-order valence-electron chi connectivity index (χ3n) is 2.10. The maximum absolute atomic E-state index is 5.71. The molecule has 2 heterocycles. The lowest BCUT2D eigenvalue weighted by molar-refractivity contribution is 0.666. The number of anilines is 1. The molecule has 0 radical (unpaired) electrons. The second-order valence-corrected chi connectivity index (χ2v) is 4.25. The average Bonchev–Trinajstić information content (AvgIpc) is 2.50. The van der Waals surface area contributed by atoms with Crippen LogP contribution in [0, 0.1) is 6.92 Å². The molecule has 15 heavy (non-hydrogen) atoms. The lowest BCUT2D eigenvalue weighted by atomic mass is 10.3. The minimum absolute atomic E-state index is 0.644. The van der Waals surface area contributed by atoms with E-state index in [0.29, 0.717) is 12.2 Å². The van der Waals surface area contributed by atoms with Gasteiger partial charge >= 0.3 is 0 Å². The van der Waals surface area contributed by atoms with Gasteiger partial charge in [0.1, 0.15) is 0 Å². The summed E-state index contributed by atoms with van der Waals surface area (Å²) in [6.45, 7) is 2.53. The van der Waals surface area contributed by atoms with Gasteiger partial charge in [0.25, 0.3) is 0 Å². The number of halogens is 1. The van der Waals surface area contributed by atoms with E-state index in [4.69, 9.17) is 5.73 Å². The first-order valence-corrected chi connectivity index (χ1v) is 5.34. The summed E-state index contributed by atoms with van der Waals surface area (Å²) in [6.07, 6.45) is 3.59. The number of hydrogen-bond acceptors (Lipinski definition) is 3. The van der Waals surface area contributed by atoms with Crippen molar-refractivity contribution < 1.29 is 0 Å². The van der Waals surface area contributed by atoms with E-state index in [2.05, 4.69) is 26.0 Å². The van der Waals surface area contributed by atoms with Crippen molar-refractivity contribution in [2.75, 3.05) is 5.73 Å². The van der Waals surface area contributed by atoms with Gasteiger partial charge in [-0.1, -0.05) is 0 Å². The number of nitrogens with zero attached hydrogens (tertiary/aromatic N) is 3. The smallest absolute Gasteiger partial charge is 0.0832 e. The highest BCUT2D eigenvalue weighted by molar-refractivity contribution is 9.10. The second kappa shape index (κ2) is 4.02. The lowest BCUT2D eigenvalue weighted by Gasteiger charge is -2.00. The first kappa shape index (κ1) is 10.2. The van der Waals surface area contributed by atoms with Gasteiger partial charge in [-0.2, -0.15) is 5.10 Å². The molecule has 0 bridgehead atoms. The molecule has 0 unspecified atom stereocenters. The van der Waals surface area contributed by atoms with Crippen LogP contribution in [0.1, 0.15) is 11.4 Å². The summed E-state index contributed by atoms with van der Waals surface area (Å²) in [4.78, 5) is 4.26. The Bertz CT molecular complexity index is 441. The first-order chi connectivity index (χ1) is 7.15. The van der Waals surface area contributed by atoms with Crippen LogP contribution in [0.5, 0.6) is 0 Å². The molecule has 0 aromatic carbocycles. The number of aryl methyl sites for hydroxylation is 1. The molecule has 0 saturated carbocycles. The zero-order valence-corrected chi connectivity index (χ0v) is 9.90. The molecule has 0 aliphatic rings. The molecule has 78 valence electrons. The Hall–Kier alpha value is -1.36. The fourth-order valence-corrected chi connectivity index (χ4v) is 1.51. The second-order valence-electron chi connectivity index (χ2n) is 3.34. The predicted octanol–water partition coefficient (Wildman–Crippen LogP) is 1.98. The van der Waals surface area contributed by atoms with Crippen LogP contribution in [0.2, 0.25) is 0 Å². The normalized spacial score (nSPS) is 10.5. The molecule has 0 fully saturated rings. The van der Waals surface area contributed by atoms with Gasteiger partial charge in [0.05, 0.1) is 23.6 Å². The predicted molar refractivity (Wildman–Crippen MR) is 62.4 cm³/mol. The zero-order valence-electron chi connectivity index (χ0n) is 8.31. The summed E-state index contributed by atoms with van der Waals surface area (Å²) in [5.74, 6) is 0. The van der Waals surface area contributed by atoms with Gasteiger partial charge in [-0.3, -0.25) is 9.67 Å². The highest BCUT2D eigenvalue weighted by Crippen LogP contribution is 2.10. The monoisotopic (exact) mass is 266 g/mol. The van der Waals surface area contributed by atoms with Gasteiger partial charge in [0, 0.05) is 16.9 Å². The Morgan fingerprint density at radius 3 is 2.80 bits per heavy atom. The van der Waals surface area contributed by atoms with Crippen LogP contribution < -0.4 is 5.73 Å². The van der Waals surface area contributed by atoms with E-state index in [-0.39, 0.29) is 0 Å². The van der Waals surface area contributed by atoms with Crippen molar-refractivity contribution in [3.8, 4) is 0 Å². The SMILES string of the molecule is Cc1nn(Cc2ccc(Br)cn2)cc1N. The zero-order chi connectivity index (χ0) is 10.8. The molecule has 0 saturated heterocycles. The van der Waals surface area contributed by atoms with Gasteiger partial charge in [-0.25, -0.2) is 0 Å². The van der Waals surface area contributed by atoms with E-state index in [1.165, 1.54) is 0 Å². The number of rotatable bonds is 2. The van der Waals surface area contributed by atoms with Crippen LogP contribution in [-0.2, 0) is 6.54 Å². The number of pyridine rings is 1.